The first-order chi connectivity index (χ1) is 8.17. The number of esters is 1. The smallest absolute Gasteiger partial charge is 0.421 e. The van der Waals surface area contributed by atoms with E-state index in [0.717, 1.165) is 25.7 Å². The maximum absolute atomic E-state index is 11.2. The molecule has 0 saturated carbocycles. The number of carbonyl (C=O) groups is 2. The maximum Gasteiger partial charge on any atom is 0.421 e. The van der Waals surface area contributed by atoms with Crippen LogP contribution in [0.2, 0.25) is 0 Å². The zero-order chi connectivity index (χ0) is 12.7. The summed E-state index contributed by atoms with van der Waals surface area (Å²) in [4.78, 5) is 23.8. The standard InChI is InChI=1S/C11H19NO4S/c1-15-10(13)4-2-3-9-5-7-12(8-6-9)11(14)16-17/h9,17H,2-8H2,1H3. The Hall–Kier alpha value is -0.910. The predicted molar refractivity (Wildman–Crippen MR) is 65.6 cm³/mol. The molecule has 98 valence electrons. The molecule has 0 bridgehead atoms. The molecule has 0 spiro atoms. The van der Waals surface area contributed by atoms with Crippen LogP contribution in [0.3, 0.4) is 0 Å². The number of carbonyl (C=O) groups excluding carboxylic acids is 2. The first-order valence-corrected chi connectivity index (χ1v) is 6.21. The van der Waals surface area contributed by atoms with Gasteiger partial charge in [-0.15, -0.1) is 0 Å². The Morgan fingerprint density at radius 1 is 1.35 bits per heavy atom. The van der Waals surface area contributed by atoms with Gasteiger partial charge in [-0.05, 0) is 31.6 Å². The highest BCUT2D eigenvalue weighted by atomic mass is 32.1. The molecule has 0 unspecified atom stereocenters. The van der Waals surface area contributed by atoms with Crippen LogP contribution in [0.1, 0.15) is 32.1 Å². The summed E-state index contributed by atoms with van der Waals surface area (Å²) in [7, 11) is 1.41. The molecule has 0 aromatic heterocycles. The molecule has 1 fully saturated rings. The lowest BCUT2D eigenvalue weighted by atomic mass is 9.92. The second-order valence-electron chi connectivity index (χ2n) is 4.26. The van der Waals surface area contributed by atoms with Crippen molar-refractivity contribution in [3.8, 4) is 0 Å². The third kappa shape index (κ3) is 4.85. The van der Waals surface area contributed by atoms with Gasteiger partial charge < -0.3 is 13.8 Å². The number of thiol groups is 1. The monoisotopic (exact) mass is 261 g/mol. The van der Waals surface area contributed by atoms with Gasteiger partial charge in [-0.25, -0.2) is 4.79 Å². The van der Waals surface area contributed by atoms with Crippen molar-refractivity contribution in [1.82, 2.24) is 4.90 Å². The highest BCUT2D eigenvalue weighted by molar-refractivity contribution is 7.75. The van der Waals surface area contributed by atoms with Gasteiger partial charge in [-0.2, -0.15) is 0 Å². The normalized spacial score (nSPS) is 16.7. The van der Waals surface area contributed by atoms with Crippen molar-refractivity contribution in [2.75, 3.05) is 20.2 Å². The Labute approximate surface area is 107 Å². The number of amides is 1. The Morgan fingerprint density at radius 2 is 2.00 bits per heavy atom. The largest absolute Gasteiger partial charge is 0.469 e. The molecule has 1 rings (SSSR count). The minimum absolute atomic E-state index is 0.152. The number of ether oxygens (including phenoxy) is 1. The molecule has 0 radical (unpaired) electrons. The number of methoxy groups -OCH3 is 1. The van der Waals surface area contributed by atoms with E-state index >= 15 is 0 Å². The van der Waals surface area contributed by atoms with Crippen LogP contribution < -0.4 is 0 Å². The summed E-state index contributed by atoms with van der Waals surface area (Å²) < 4.78 is 8.96. The van der Waals surface area contributed by atoms with Crippen LogP contribution in [0.15, 0.2) is 0 Å². The van der Waals surface area contributed by atoms with Crippen molar-refractivity contribution in [3.05, 3.63) is 0 Å². The van der Waals surface area contributed by atoms with Crippen LogP contribution in [-0.2, 0) is 13.7 Å². The molecule has 0 N–H and O–H groups in total. The lowest BCUT2D eigenvalue weighted by Crippen LogP contribution is -2.37. The quantitative estimate of drug-likeness (QED) is 0.478. The Bertz CT molecular complexity index is 261. The summed E-state index contributed by atoms with van der Waals surface area (Å²) in [6.07, 6.45) is 3.90. The van der Waals surface area contributed by atoms with E-state index < -0.39 is 0 Å². The van der Waals surface area contributed by atoms with E-state index in [-0.39, 0.29) is 12.1 Å². The molecule has 1 saturated heterocycles. The van der Waals surface area contributed by atoms with E-state index in [2.05, 4.69) is 21.8 Å². The van der Waals surface area contributed by atoms with Crippen LogP contribution in [-0.4, -0.2) is 37.2 Å². The van der Waals surface area contributed by atoms with Gasteiger partial charge in [-0.1, -0.05) is 0 Å². The van der Waals surface area contributed by atoms with E-state index in [1.165, 1.54) is 7.11 Å². The Balaban J connectivity index is 2.15. The van der Waals surface area contributed by atoms with Gasteiger partial charge in [0.25, 0.3) is 0 Å². The van der Waals surface area contributed by atoms with Gasteiger partial charge in [-0.3, -0.25) is 4.79 Å². The molecule has 0 aromatic rings. The fraction of sp³-hybridized carbons (Fsp3) is 0.818. The molecule has 1 heterocycles. The van der Waals surface area contributed by atoms with Crippen molar-refractivity contribution in [1.29, 1.82) is 0 Å². The fourth-order valence-electron chi connectivity index (χ4n) is 2.10. The first-order valence-electron chi connectivity index (χ1n) is 5.84. The lowest BCUT2D eigenvalue weighted by Gasteiger charge is -2.30. The molecular formula is C11H19NO4S. The SMILES string of the molecule is COC(=O)CCCC1CCN(C(=O)OS)CC1. The molecule has 1 amide bonds. The second kappa shape index (κ2) is 7.42. The maximum atomic E-state index is 11.2. The number of nitrogens with zero attached hydrogens (tertiary/aromatic N) is 1. The highest BCUT2D eigenvalue weighted by Crippen LogP contribution is 2.23. The topological polar surface area (TPSA) is 55.8 Å². The van der Waals surface area contributed by atoms with E-state index in [1.54, 1.807) is 4.90 Å². The minimum Gasteiger partial charge on any atom is -0.469 e. The van der Waals surface area contributed by atoms with Gasteiger partial charge in [0.15, 0.2) is 0 Å². The second-order valence-corrected chi connectivity index (χ2v) is 4.44. The van der Waals surface area contributed by atoms with Gasteiger partial charge in [0.2, 0.25) is 0 Å². The van der Waals surface area contributed by atoms with Crippen molar-refractivity contribution in [2.24, 2.45) is 5.92 Å². The number of rotatable bonds is 4. The third-order valence-corrected chi connectivity index (χ3v) is 3.33. The number of likely N-dealkylation sites (tertiary alicyclic amines) is 1. The van der Waals surface area contributed by atoms with Gasteiger partial charge >= 0.3 is 12.1 Å². The van der Waals surface area contributed by atoms with Crippen LogP contribution in [0.5, 0.6) is 0 Å². The summed E-state index contributed by atoms with van der Waals surface area (Å²) in [5.74, 6) is 0.435. The zero-order valence-corrected chi connectivity index (χ0v) is 10.9. The van der Waals surface area contributed by atoms with Crippen LogP contribution in [0.4, 0.5) is 4.79 Å². The summed E-state index contributed by atoms with van der Waals surface area (Å²) in [6, 6.07) is 0. The molecular weight excluding hydrogens is 242 g/mol. The average molecular weight is 261 g/mol. The average Bonchev–Trinajstić information content (AvgIpc) is 2.38. The van der Waals surface area contributed by atoms with Crippen molar-refractivity contribution >= 4 is 25.0 Å². The van der Waals surface area contributed by atoms with Crippen LogP contribution in [0, 0.1) is 5.92 Å². The predicted octanol–water partition coefficient (Wildman–Crippen LogP) is 2.02. The molecule has 1 aliphatic heterocycles. The number of piperidine rings is 1. The Kier molecular flexibility index (Phi) is 6.18. The number of hydrogen-bond acceptors (Lipinski definition) is 5. The summed E-state index contributed by atoms with van der Waals surface area (Å²) in [5.41, 5.74) is 0. The van der Waals surface area contributed by atoms with Crippen LogP contribution >= 0.6 is 12.9 Å². The van der Waals surface area contributed by atoms with E-state index in [4.69, 9.17) is 0 Å². The molecule has 5 nitrogen and oxygen atoms in total. The van der Waals surface area contributed by atoms with Gasteiger partial charge in [0, 0.05) is 32.4 Å². The molecule has 0 aromatic carbocycles. The Morgan fingerprint density at radius 3 is 2.53 bits per heavy atom. The summed E-state index contributed by atoms with van der Waals surface area (Å²) in [5, 5.41) is 0. The van der Waals surface area contributed by atoms with Crippen molar-refractivity contribution < 1.29 is 18.5 Å². The molecule has 1 aliphatic rings. The highest BCUT2D eigenvalue weighted by Gasteiger charge is 2.23. The molecule has 6 heteroatoms. The molecule has 17 heavy (non-hydrogen) atoms. The van der Waals surface area contributed by atoms with E-state index in [9.17, 15) is 9.59 Å². The fourth-order valence-corrected chi connectivity index (χ4v) is 2.21. The summed E-state index contributed by atoms with van der Waals surface area (Å²) >= 11 is 3.50. The zero-order valence-electron chi connectivity index (χ0n) is 10.1. The van der Waals surface area contributed by atoms with Gasteiger partial charge in [0.1, 0.15) is 0 Å². The van der Waals surface area contributed by atoms with E-state index in [0.29, 0.717) is 25.4 Å². The van der Waals surface area contributed by atoms with Gasteiger partial charge in [0.05, 0.1) is 7.11 Å². The first kappa shape index (κ1) is 14.2. The third-order valence-electron chi connectivity index (χ3n) is 3.17. The molecule has 0 aliphatic carbocycles. The lowest BCUT2D eigenvalue weighted by molar-refractivity contribution is -0.140. The molecule has 0 atom stereocenters. The summed E-state index contributed by atoms with van der Waals surface area (Å²) in [6.45, 7) is 1.42. The number of hydrogen-bond donors (Lipinski definition) is 1. The van der Waals surface area contributed by atoms with Crippen molar-refractivity contribution in [2.45, 2.75) is 32.1 Å². The minimum atomic E-state index is -0.374. The van der Waals surface area contributed by atoms with Crippen molar-refractivity contribution in [3.63, 3.8) is 0 Å². The van der Waals surface area contributed by atoms with Crippen LogP contribution in [0.25, 0.3) is 0 Å². The van der Waals surface area contributed by atoms with E-state index in [1.807, 2.05) is 0 Å².